The fraction of sp³-hybridized carbons (Fsp3) is 0.364. The van der Waals surface area contributed by atoms with Gasteiger partial charge in [0.1, 0.15) is 5.84 Å². The highest BCUT2D eigenvalue weighted by atomic mass is 35.5. The van der Waals surface area contributed by atoms with E-state index in [0.29, 0.717) is 28.4 Å². The minimum absolute atomic E-state index is 0.207. The van der Waals surface area contributed by atoms with Crippen LogP contribution in [0.15, 0.2) is 35.6 Å². The average Bonchev–Trinajstić information content (AvgIpc) is 3.07. The van der Waals surface area contributed by atoms with Gasteiger partial charge in [-0.05, 0) is 32.9 Å². The zero-order chi connectivity index (χ0) is 22.3. The summed E-state index contributed by atoms with van der Waals surface area (Å²) in [6.45, 7) is 7.91. The Bertz CT molecular complexity index is 1150. The minimum atomic E-state index is -0.459. The van der Waals surface area contributed by atoms with Crippen LogP contribution in [-0.4, -0.2) is 47.4 Å². The van der Waals surface area contributed by atoms with Crippen molar-refractivity contribution >= 4 is 40.1 Å². The van der Waals surface area contributed by atoms with E-state index >= 15 is 0 Å². The Morgan fingerprint density at radius 3 is 2.65 bits per heavy atom. The first-order valence-electron chi connectivity index (χ1n) is 10.3. The molecule has 3 aromatic rings. The summed E-state index contributed by atoms with van der Waals surface area (Å²) in [7, 11) is 1.81. The number of rotatable bonds is 4. The van der Waals surface area contributed by atoms with Gasteiger partial charge in [-0.25, -0.2) is 14.4 Å². The van der Waals surface area contributed by atoms with Crippen molar-refractivity contribution in [2.45, 2.75) is 32.9 Å². The molecule has 1 fully saturated rings. The third-order valence-corrected chi connectivity index (χ3v) is 5.68. The van der Waals surface area contributed by atoms with Crippen molar-refractivity contribution in [1.29, 1.82) is 0 Å². The van der Waals surface area contributed by atoms with Crippen molar-refractivity contribution < 1.29 is 4.39 Å². The summed E-state index contributed by atoms with van der Waals surface area (Å²) in [6, 6.07) is 6.01. The van der Waals surface area contributed by atoms with Gasteiger partial charge in [0.05, 0.1) is 22.0 Å². The Morgan fingerprint density at radius 1 is 1.26 bits per heavy atom. The lowest BCUT2D eigenvalue weighted by atomic mass is 10.1. The van der Waals surface area contributed by atoms with Gasteiger partial charge in [-0.2, -0.15) is 0 Å². The summed E-state index contributed by atoms with van der Waals surface area (Å²) in [5.74, 6) is -0.252. The molecule has 1 saturated heterocycles. The van der Waals surface area contributed by atoms with E-state index in [1.165, 1.54) is 6.07 Å². The number of halogens is 2. The molecule has 9 heteroatoms. The molecule has 7 nitrogen and oxygen atoms in total. The van der Waals surface area contributed by atoms with Gasteiger partial charge in [0, 0.05) is 62.1 Å². The molecule has 2 unspecified atom stereocenters. The number of nitrogens with zero attached hydrogens (tertiary/aromatic N) is 4. The van der Waals surface area contributed by atoms with E-state index in [-0.39, 0.29) is 11.5 Å². The number of amidine groups is 1. The summed E-state index contributed by atoms with van der Waals surface area (Å²) in [6.07, 6.45) is 3.43. The number of piperazine rings is 1. The Kier molecular flexibility index (Phi) is 5.77. The number of hydrogen-bond donors (Lipinski definition) is 3. The summed E-state index contributed by atoms with van der Waals surface area (Å²) < 4.78 is 16.0. The topological polar surface area (TPSA) is 83.0 Å². The maximum atomic E-state index is 14.4. The molecule has 0 bridgehead atoms. The van der Waals surface area contributed by atoms with Crippen molar-refractivity contribution in [2.75, 3.05) is 30.4 Å². The third-order valence-electron chi connectivity index (χ3n) is 5.39. The predicted molar refractivity (Wildman–Crippen MR) is 126 cm³/mol. The molecule has 1 aromatic carbocycles. The van der Waals surface area contributed by atoms with Crippen molar-refractivity contribution in [3.8, 4) is 0 Å². The van der Waals surface area contributed by atoms with Crippen molar-refractivity contribution in [2.24, 2.45) is 10.7 Å². The second-order valence-electron chi connectivity index (χ2n) is 8.13. The molecule has 0 radical (unpaired) electrons. The minimum Gasteiger partial charge on any atom is -0.387 e. The number of aliphatic imine (C=N–C) groups is 1. The van der Waals surface area contributed by atoms with Crippen LogP contribution in [0.5, 0.6) is 0 Å². The molecule has 0 amide bonds. The molecular weight excluding hydrogens is 417 g/mol. The Hall–Kier alpha value is -2.84. The van der Waals surface area contributed by atoms with Crippen LogP contribution < -0.4 is 21.3 Å². The monoisotopic (exact) mass is 443 g/mol. The molecule has 2 atom stereocenters. The number of benzene rings is 1. The van der Waals surface area contributed by atoms with Gasteiger partial charge in [0.15, 0.2) is 11.5 Å². The van der Waals surface area contributed by atoms with E-state index in [0.717, 1.165) is 30.2 Å². The van der Waals surface area contributed by atoms with Gasteiger partial charge in [-0.1, -0.05) is 11.6 Å². The van der Waals surface area contributed by atoms with E-state index in [1.807, 2.05) is 26.1 Å². The lowest BCUT2D eigenvalue weighted by Gasteiger charge is -2.38. The molecule has 0 saturated carbocycles. The van der Waals surface area contributed by atoms with Crippen molar-refractivity contribution in [3.63, 3.8) is 0 Å². The zero-order valence-corrected chi connectivity index (χ0v) is 18.8. The highest BCUT2D eigenvalue weighted by Gasteiger charge is 2.23. The van der Waals surface area contributed by atoms with Crippen LogP contribution in [0, 0.1) is 12.7 Å². The first-order chi connectivity index (χ1) is 14.7. The molecular formula is C22H27ClFN7. The average molecular weight is 444 g/mol. The molecule has 3 heterocycles. The van der Waals surface area contributed by atoms with E-state index < -0.39 is 5.82 Å². The van der Waals surface area contributed by atoms with Gasteiger partial charge < -0.3 is 25.7 Å². The predicted octanol–water partition coefficient (Wildman–Crippen LogP) is 3.70. The smallest absolute Gasteiger partial charge is 0.173 e. The normalized spacial score (nSPS) is 19.8. The second-order valence-corrected chi connectivity index (χ2v) is 8.54. The fourth-order valence-corrected chi connectivity index (χ4v) is 4.50. The number of nitrogens with two attached hydrogens (primary N) is 1. The lowest BCUT2D eigenvalue weighted by Crippen LogP contribution is -2.54. The number of nitrogens with one attached hydrogen (secondary N) is 2. The molecule has 4 N–H and O–H groups in total. The highest BCUT2D eigenvalue weighted by molar-refractivity contribution is 6.35. The van der Waals surface area contributed by atoms with Gasteiger partial charge in [0.2, 0.25) is 0 Å². The third kappa shape index (κ3) is 4.31. The first-order valence-corrected chi connectivity index (χ1v) is 10.6. The van der Waals surface area contributed by atoms with E-state index in [2.05, 4.69) is 39.4 Å². The van der Waals surface area contributed by atoms with Crippen molar-refractivity contribution in [1.82, 2.24) is 14.7 Å². The van der Waals surface area contributed by atoms with Gasteiger partial charge in [-0.3, -0.25) is 0 Å². The van der Waals surface area contributed by atoms with E-state index in [1.54, 1.807) is 16.8 Å². The van der Waals surface area contributed by atoms with Crippen LogP contribution in [0.2, 0.25) is 5.02 Å². The van der Waals surface area contributed by atoms with E-state index in [9.17, 15) is 4.39 Å². The van der Waals surface area contributed by atoms with Gasteiger partial charge >= 0.3 is 0 Å². The maximum absolute atomic E-state index is 14.4. The largest absolute Gasteiger partial charge is 0.387 e. The van der Waals surface area contributed by atoms with Crippen LogP contribution in [0.25, 0.3) is 5.65 Å². The number of aryl methyl sites for hydroxylation is 1. The summed E-state index contributed by atoms with van der Waals surface area (Å²) in [5.41, 5.74) is 10.1. The number of hydrogen-bond acceptors (Lipinski definition) is 5. The number of aromatic nitrogens is 2. The molecule has 1 aliphatic rings. The van der Waals surface area contributed by atoms with Crippen LogP contribution in [-0.2, 0) is 0 Å². The molecule has 31 heavy (non-hydrogen) atoms. The Labute approximate surface area is 186 Å². The first kappa shape index (κ1) is 21.4. The quantitative estimate of drug-likeness (QED) is 0.423. The SMILES string of the molecule is CNc1cc(N2CC(C)NC(C)C2)cc(Cl)c1C(N)=Nc1cc(F)c2nc(C)cn2c1. The van der Waals surface area contributed by atoms with Gasteiger partial charge in [-0.15, -0.1) is 0 Å². The van der Waals surface area contributed by atoms with Crippen LogP contribution in [0.1, 0.15) is 25.1 Å². The Morgan fingerprint density at radius 2 is 1.97 bits per heavy atom. The van der Waals surface area contributed by atoms with Crippen molar-refractivity contribution in [3.05, 3.63) is 52.7 Å². The molecule has 0 aliphatic carbocycles. The van der Waals surface area contributed by atoms with Gasteiger partial charge in [0.25, 0.3) is 0 Å². The molecule has 1 aliphatic heterocycles. The zero-order valence-electron chi connectivity index (χ0n) is 18.1. The molecule has 0 spiro atoms. The maximum Gasteiger partial charge on any atom is 0.173 e. The number of fused-ring (bicyclic) bond motifs is 1. The molecule has 2 aromatic heterocycles. The fourth-order valence-electron chi connectivity index (χ4n) is 4.19. The molecule has 4 rings (SSSR count). The highest BCUT2D eigenvalue weighted by Crippen LogP contribution is 2.32. The molecule has 164 valence electrons. The van der Waals surface area contributed by atoms with Crippen LogP contribution >= 0.6 is 11.6 Å². The number of anilines is 2. The summed E-state index contributed by atoms with van der Waals surface area (Å²) >= 11 is 6.66. The van der Waals surface area contributed by atoms with Crippen LogP contribution in [0.3, 0.4) is 0 Å². The standard InChI is InChI=1S/C22H27ClFN7/c1-12-8-30(9-13(2)27-12)16-6-17(23)20(19(7-16)26-4)21(25)29-15-5-18(24)22-28-14(3)10-31(22)11-15/h5-7,10-13,26-27H,8-9H2,1-4H3,(H2,25,29). The summed E-state index contributed by atoms with van der Waals surface area (Å²) in [4.78, 5) is 10.9. The number of imidazole rings is 1. The lowest BCUT2D eigenvalue weighted by molar-refractivity contribution is 0.407. The Balaban J connectivity index is 1.71. The van der Waals surface area contributed by atoms with E-state index in [4.69, 9.17) is 17.3 Å². The summed E-state index contributed by atoms with van der Waals surface area (Å²) in [5, 5.41) is 7.19. The number of pyridine rings is 1. The van der Waals surface area contributed by atoms with Crippen LogP contribution in [0.4, 0.5) is 21.5 Å². The second kappa shape index (κ2) is 8.36.